The van der Waals surface area contributed by atoms with E-state index in [1.54, 1.807) is 24.3 Å². The van der Waals surface area contributed by atoms with Crippen LogP contribution in [0.1, 0.15) is 49.4 Å². The van der Waals surface area contributed by atoms with Crippen LogP contribution in [-0.2, 0) is 4.79 Å². The van der Waals surface area contributed by atoms with E-state index in [-0.39, 0.29) is 17.9 Å². The van der Waals surface area contributed by atoms with Gasteiger partial charge in [0, 0.05) is 42.8 Å². The van der Waals surface area contributed by atoms with E-state index in [1.807, 2.05) is 11.8 Å². The number of carbonyl (C=O) groups excluding carboxylic acids is 2. The van der Waals surface area contributed by atoms with Crippen molar-refractivity contribution in [2.45, 2.75) is 51.1 Å². The molecule has 2 amide bonds. The molecule has 1 atom stereocenters. The van der Waals surface area contributed by atoms with Crippen LogP contribution in [0.2, 0.25) is 5.02 Å². The van der Waals surface area contributed by atoms with Gasteiger partial charge in [-0.15, -0.1) is 0 Å². The van der Waals surface area contributed by atoms with Crippen LogP contribution in [0.5, 0.6) is 0 Å². The molecular weight excluding hydrogens is 350 g/mol. The number of rotatable bonds is 4. The molecule has 2 aliphatic rings. The molecule has 1 heterocycles. The van der Waals surface area contributed by atoms with E-state index < -0.39 is 0 Å². The zero-order chi connectivity index (χ0) is 18.5. The third kappa shape index (κ3) is 4.77. The second kappa shape index (κ2) is 8.87. The number of nitrogens with one attached hydrogen (secondary N) is 1. The minimum absolute atomic E-state index is 0.0115. The van der Waals surface area contributed by atoms with Crippen molar-refractivity contribution in [2.75, 3.05) is 26.2 Å². The second-order valence-electron chi connectivity index (χ2n) is 7.36. The summed E-state index contributed by atoms with van der Waals surface area (Å²) in [5.41, 5.74) is 0.623. The quantitative estimate of drug-likeness (QED) is 0.877. The Morgan fingerprint density at radius 1 is 1.12 bits per heavy atom. The molecule has 1 aromatic carbocycles. The largest absolute Gasteiger partial charge is 0.352 e. The van der Waals surface area contributed by atoms with Gasteiger partial charge in [0.05, 0.1) is 6.04 Å². The highest BCUT2D eigenvalue weighted by atomic mass is 35.5. The van der Waals surface area contributed by atoms with Crippen LogP contribution in [0.25, 0.3) is 0 Å². The molecule has 1 saturated carbocycles. The normalized spacial score (nSPS) is 20.6. The Balaban J connectivity index is 1.55. The number of hydrogen-bond donors (Lipinski definition) is 1. The minimum atomic E-state index is -0.156. The Morgan fingerprint density at radius 3 is 2.62 bits per heavy atom. The van der Waals surface area contributed by atoms with E-state index in [0.717, 1.165) is 25.8 Å². The molecule has 1 saturated heterocycles. The van der Waals surface area contributed by atoms with E-state index in [2.05, 4.69) is 10.2 Å². The summed E-state index contributed by atoms with van der Waals surface area (Å²) < 4.78 is 0. The van der Waals surface area contributed by atoms with Gasteiger partial charge in [0.2, 0.25) is 5.91 Å². The molecule has 3 rings (SSSR count). The monoisotopic (exact) mass is 377 g/mol. The third-order valence-corrected chi connectivity index (χ3v) is 5.75. The fraction of sp³-hybridized carbons (Fsp3) is 0.600. The highest BCUT2D eigenvalue weighted by Crippen LogP contribution is 2.19. The lowest BCUT2D eigenvalue weighted by Gasteiger charge is -2.28. The molecule has 142 valence electrons. The lowest BCUT2D eigenvalue weighted by Crippen LogP contribution is -2.48. The molecule has 6 heteroatoms. The summed E-state index contributed by atoms with van der Waals surface area (Å²) in [6.07, 6.45) is 5.49. The van der Waals surface area contributed by atoms with Crippen molar-refractivity contribution in [1.29, 1.82) is 0 Å². The van der Waals surface area contributed by atoms with Crippen molar-refractivity contribution in [3.8, 4) is 0 Å². The van der Waals surface area contributed by atoms with Gasteiger partial charge in [0.15, 0.2) is 0 Å². The molecule has 0 spiro atoms. The summed E-state index contributed by atoms with van der Waals surface area (Å²) in [5.74, 6) is 0.129. The van der Waals surface area contributed by atoms with E-state index >= 15 is 0 Å². The van der Waals surface area contributed by atoms with Gasteiger partial charge in [0.1, 0.15) is 0 Å². The standard InChI is InChI=1S/C20H28ClN3O2/c1-15(19(25)22-18-8-2-3-9-18)23-10-5-11-24(13-12-23)20(26)16-6-4-7-17(21)14-16/h4,6-7,14-15,18H,2-3,5,8-13H2,1H3,(H,22,25)/t15-/m1/s1. The topological polar surface area (TPSA) is 52.7 Å². The van der Waals surface area contributed by atoms with Crippen LogP contribution in [-0.4, -0.2) is 59.9 Å². The SMILES string of the molecule is C[C@H](C(=O)NC1CCCC1)N1CCCN(C(=O)c2cccc(Cl)c2)CC1. The molecule has 2 fully saturated rings. The lowest BCUT2D eigenvalue weighted by molar-refractivity contribution is -0.126. The predicted octanol–water partition coefficient (Wildman–Crippen LogP) is 2.94. The van der Waals surface area contributed by atoms with Gasteiger partial charge >= 0.3 is 0 Å². The molecule has 0 unspecified atom stereocenters. The first-order valence-corrected chi connectivity index (χ1v) is 10.0. The van der Waals surface area contributed by atoms with Crippen molar-refractivity contribution in [1.82, 2.24) is 15.1 Å². The number of carbonyl (C=O) groups is 2. The van der Waals surface area contributed by atoms with Gasteiger partial charge in [-0.25, -0.2) is 0 Å². The van der Waals surface area contributed by atoms with Crippen molar-refractivity contribution < 1.29 is 9.59 Å². The summed E-state index contributed by atoms with van der Waals surface area (Å²) in [4.78, 5) is 29.3. The number of amides is 2. The Hall–Kier alpha value is -1.59. The molecule has 0 aromatic heterocycles. The molecule has 1 aliphatic carbocycles. The molecule has 26 heavy (non-hydrogen) atoms. The molecule has 1 aromatic rings. The average Bonchev–Trinajstić information content (AvgIpc) is 3.02. The zero-order valence-corrected chi connectivity index (χ0v) is 16.2. The van der Waals surface area contributed by atoms with Crippen molar-refractivity contribution in [3.63, 3.8) is 0 Å². The van der Waals surface area contributed by atoms with E-state index in [4.69, 9.17) is 11.6 Å². The highest BCUT2D eigenvalue weighted by molar-refractivity contribution is 6.30. The second-order valence-corrected chi connectivity index (χ2v) is 7.79. The first-order valence-electron chi connectivity index (χ1n) is 9.64. The summed E-state index contributed by atoms with van der Waals surface area (Å²) in [6, 6.07) is 7.27. The van der Waals surface area contributed by atoms with E-state index in [1.165, 1.54) is 12.8 Å². The fourth-order valence-electron chi connectivity index (χ4n) is 3.89. The maximum Gasteiger partial charge on any atom is 0.253 e. The number of benzene rings is 1. The maximum atomic E-state index is 12.7. The zero-order valence-electron chi connectivity index (χ0n) is 15.4. The van der Waals surface area contributed by atoms with Crippen molar-refractivity contribution in [2.24, 2.45) is 0 Å². The number of nitrogens with zero attached hydrogens (tertiary/aromatic N) is 2. The van der Waals surface area contributed by atoms with Gasteiger partial charge in [-0.2, -0.15) is 0 Å². The minimum Gasteiger partial charge on any atom is -0.352 e. The summed E-state index contributed by atoms with van der Waals surface area (Å²) in [7, 11) is 0. The number of hydrogen-bond acceptors (Lipinski definition) is 3. The molecule has 1 aliphatic heterocycles. The van der Waals surface area contributed by atoms with Crippen LogP contribution in [0.15, 0.2) is 24.3 Å². The van der Waals surface area contributed by atoms with E-state index in [9.17, 15) is 9.59 Å². The summed E-state index contributed by atoms with van der Waals surface area (Å²) >= 11 is 6.01. The van der Waals surface area contributed by atoms with Gasteiger partial charge in [-0.05, 0) is 44.4 Å². The molecule has 0 bridgehead atoms. The van der Waals surface area contributed by atoms with Crippen LogP contribution >= 0.6 is 11.6 Å². The third-order valence-electron chi connectivity index (χ3n) is 5.52. The Labute approximate surface area is 160 Å². The van der Waals surface area contributed by atoms with E-state index in [0.29, 0.717) is 36.3 Å². The van der Waals surface area contributed by atoms with Gasteiger partial charge in [-0.1, -0.05) is 30.5 Å². The Morgan fingerprint density at radius 2 is 1.88 bits per heavy atom. The van der Waals surface area contributed by atoms with Gasteiger partial charge in [0.25, 0.3) is 5.91 Å². The lowest BCUT2D eigenvalue weighted by atomic mass is 10.2. The molecule has 0 radical (unpaired) electrons. The Kier molecular flexibility index (Phi) is 6.54. The van der Waals surface area contributed by atoms with Crippen molar-refractivity contribution in [3.05, 3.63) is 34.9 Å². The van der Waals surface area contributed by atoms with Crippen LogP contribution in [0.3, 0.4) is 0 Å². The van der Waals surface area contributed by atoms with Crippen molar-refractivity contribution >= 4 is 23.4 Å². The van der Waals surface area contributed by atoms with Crippen LogP contribution in [0, 0.1) is 0 Å². The number of halogens is 1. The fourth-order valence-corrected chi connectivity index (χ4v) is 4.08. The van der Waals surface area contributed by atoms with Gasteiger partial charge < -0.3 is 10.2 Å². The summed E-state index contributed by atoms with van der Waals surface area (Å²) in [6.45, 7) is 4.86. The maximum absolute atomic E-state index is 12.7. The molecule has 1 N–H and O–H groups in total. The smallest absolute Gasteiger partial charge is 0.253 e. The van der Waals surface area contributed by atoms with Crippen LogP contribution < -0.4 is 5.32 Å². The summed E-state index contributed by atoms with van der Waals surface area (Å²) in [5, 5.41) is 3.76. The Bertz CT molecular complexity index is 646. The average molecular weight is 378 g/mol. The first kappa shape index (κ1) is 19.2. The van der Waals surface area contributed by atoms with Crippen LogP contribution in [0.4, 0.5) is 0 Å². The molecule has 5 nitrogen and oxygen atoms in total. The molecular formula is C20H28ClN3O2. The van der Waals surface area contributed by atoms with Gasteiger partial charge in [-0.3, -0.25) is 14.5 Å². The highest BCUT2D eigenvalue weighted by Gasteiger charge is 2.27. The predicted molar refractivity (Wildman–Crippen MR) is 103 cm³/mol. The first-order chi connectivity index (χ1) is 12.5.